The second-order valence-corrected chi connectivity index (χ2v) is 4.89. The number of aromatic nitrogens is 1. The summed E-state index contributed by atoms with van der Waals surface area (Å²) in [4.78, 5) is 4.55. The summed E-state index contributed by atoms with van der Waals surface area (Å²) in [5, 5.41) is 0. The second kappa shape index (κ2) is 6.33. The average molecular weight is 263 g/mol. The largest absolute Gasteiger partial charge is 0.256 e. The summed E-state index contributed by atoms with van der Waals surface area (Å²) in [5.74, 6) is 0. The number of hydrogen-bond acceptors (Lipinski definition) is 1. The fraction of sp³-hybridized carbons (Fsp3) is 0.211. The lowest BCUT2D eigenvalue weighted by Gasteiger charge is -2.15. The van der Waals surface area contributed by atoms with E-state index in [1.165, 1.54) is 27.8 Å². The maximum Gasteiger partial charge on any atom is 0.0714 e. The van der Waals surface area contributed by atoms with Gasteiger partial charge in [0.1, 0.15) is 0 Å². The van der Waals surface area contributed by atoms with Gasteiger partial charge in [0.25, 0.3) is 0 Å². The second-order valence-electron chi connectivity index (χ2n) is 4.89. The topological polar surface area (TPSA) is 12.9 Å². The van der Waals surface area contributed by atoms with Gasteiger partial charge in [-0.2, -0.15) is 0 Å². The van der Waals surface area contributed by atoms with E-state index in [2.05, 4.69) is 69.1 Å². The van der Waals surface area contributed by atoms with Gasteiger partial charge < -0.3 is 0 Å². The van der Waals surface area contributed by atoms with E-state index < -0.39 is 0 Å². The van der Waals surface area contributed by atoms with E-state index in [-0.39, 0.29) is 0 Å². The van der Waals surface area contributed by atoms with Gasteiger partial charge in [0.05, 0.1) is 5.69 Å². The Morgan fingerprint density at radius 3 is 1.90 bits per heavy atom. The summed E-state index contributed by atoms with van der Waals surface area (Å²) < 4.78 is 0. The predicted octanol–water partition coefficient (Wildman–Crippen LogP) is 5.60. The first-order chi connectivity index (χ1) is 9.69. The van der Waals surface area contributed by atoms with E-state index in [0.29, 0.717) is 0 Å². The predicted molar refractivity (Wildman–Crippen MR) is 88.3 cm³/mol. The van der Waals surface area contributed by atoms with Crippen LogP contribution in [0, 0.1) is 0 Å². The van der Waals surface area contributed by atoms with Crippen LogP contribution in [0.25, 0.3) is 22.4 Å². The normalized spacial score (nSPS) is 12.6. The Labute approximate surface area is 121 Å². The van der Waals surface area contributed by atoms with Gasteiger partial charge >= 0.3 is 0 Å². The Morgan fingerprint density at radius 1 is 0.850 bits per heavy atom. The van der Waals surface area contributed by atoms with Crippen LogP contribution in [0.15, 0.2) is 54.7 Å². The zero-order valence-electron chi connectivity index (χ0n) is 12.6. The lowest BCUT2D eigenvalue weighted by atomic mass is 9.90. The molecule has 1 heteroatoms. The SMILES string of the molecule is C/C=C(\C)c1cccc(/C(C)=C/C)c1-c1ccccn1. The third kappa shape index (κ3) is 2.72. The van der Waals surface area contributed by atoms with Gasteiger partial charge in [-0.3, -0.25) is 4.98 Å². The Kier molecular flexibility index (Phi) is 4.52. The minimum absolute atomic E-state index is 1.03. The molecule has 0 aliphatic carbocycles. The lowest BCUT2D eigenvalue weighted by molar-refractivity contribution is 1.31. The van der Waals surface area contributed by atoms with Gasteiger partial charge in [0.15, 0.2) is 0 Å². The monoisotopic (exact) mass is 263 g/mol. The Morgan fingerprint density at radius 2 is 1.45 bits per heavy atom. The molecule has 0 bridgehead atoms. The molecule has 20 heavy (non-hydrogen) atoms. The standard InChI is InChI=1S/C19H21N/c1-5-14(3)16-10-9-11-17(15(4)6-2)19(16)18-12-7-8-13-20-18/h5-13H,1-4H3/b14-5+,15-6+. The highest BCUT2D eigenvalue weighted by atomic mass is 14.7. The molecular weight excluding hydrogens is 242 g/mol. The van der Waals surface area contributed by atoms with Crippen molar-refractivity contribution in [3.63, 3.8) is 0 Å². The third-order valence-electron chi connectivity index (χ3n) is 3.70. The minimum atomic E-state index is 1.03. The van der Waals surface area contributed by atoms with E-state index >= 15 is 0 Å². The highest BCUT2D eigenvalue weighted by molar-refractivity contribution is 5.88. The molecule has 0 aliphatic heterocycles. The molecule has 0 aliphatic rings. The molecule has 1 nitrogen and oxygen atoms in total. The van der Waals surface area contributed by atoms with Gasteiger partial charge in [0.2, 0.25) is 0 Å². The molecule has 102 valence electrons. The highest BCUT2D eigenvalue weighted by Gasteiger charge is 2.13. The van der Waals surface area contributed by atoms with Crippen molar-refractivity contribution in [1.82, 2.24) is 4.98 Å². The van der Waals surface area contributed by atoms with Crippen molar-refractivity contribution in [1.29, 1.82) is 0 Å². The van der Waals surface area contributed by atoms with Crippen LogP contribution in [0.5, 0.6) is 0 Å². The van der Waals surface area contributed by atoms with Crippen LogP contribution in [0.2, 0.25) is 0 Å². The molecule has 0 unspecified atom stereocenters. The van der Waals surface area contributed by atoms with Gasteiger partial charge in [-0.15, -0.1) is 0 Å². The first kappa shape index (κ1) is 14.3. The van der Waals surface area contributed by atoms with Crippen molar-refractivity contribution in [3.05, 3.63) is 65.9 Å². The smallest absolute Gasteiger partial charge is 0.0714 e. The first-order valence-electron chi connectivity index (χ1n) is 7.00. The fourth-order valence-electron chi connectivity index (χ4n) is 2.31. The molecule has 0 N–H and O–H groups in total. The minimum Gasteiger partial charge on any atom is -0.256 e. The number of nitrogens with zero attached hydrogens (tertiary/aromatic N) is 1. The summed E-state index contributed by atoms with van der Waals surface area (Å²) in [6, 6.07) is 12.5. The highest BCUT2D eigenvalue weighted by Crippen LogP contribution is 2.34. The first-order valence-corrected chi connectivity index (χ1v) is 7.00. The average Bonchev–Trinajstić information content (AvgIpc) is 2.53. The van der Waals surface area contributed by atoms with Crippen LogP contribution >= 0.6 is 0 Å². The van der Waals surface area contributed by atoms with Crippen LogP contribution in [0.3, 0.4) is 0 Å². The summed E-state index contributed by atoms with van der Waals surface area (Å²) in [6.45, 7) is 8.45. The van der Waals surface area contributed by atoms with Crippen LogP contribution in [0.1, 0.15) is 38.8 Å². The van der Waals surface area contributed by atoms with Crippen LogP contribution in [0.4, 0.5) is 0 Å². The molecule has 0 saturated carbocycles. The molecule has 0 atom stereocenters. The van der Waals surface area contributed by atoms with Crippen molar-refractivity contribution in [2.45, 2.75) is 27.7 Å². The van der Waals surface area contributed by atoms with Crippen LogP contribution in [-0.4, -0.2) is 4.98 Å². The summed E-state index contributed by atoms with van der Waals surface area (Å²) in [6.07, 6.45) is 6.15. The third-order valence-corrected chi connectivity index (χ3v) is 3.70. The summed E-state index contributed by atoms with van der Waals surface area (Å²) in [7, 11) is 0. The summed E-state index contributed by atoms with van der Waals surface area (Å²) >= 11 is 0. The van der Waals surface area contributed by atoms with Gasteiger partial charge in [0, 0.05) is 11.8 Å². The zero-order valence-corrected chi connectivity index (χ0v) is 12.6. The van der Waals surface area contributed by atoms with Gasteiger partial charge in [-0.1, -0.05) is 36.4 Å². The van der Waals surface area contributed by atoms with E-state index in [0.717, 1.165) is 5.69 Å². The van der Waals surface area contributed by atoms with E-state index in [9.17, 15) is 0 Å². The molecule has 1 aromatic carbocycles. The van der Waals surface area contributed by atoms with Crippen molar-refractivity contribution in [2.24, 2.45) is 0 Å². The number of benzene rings is 1. The van der Waals surface area contributed by atoms with Crippen LogP contribution < -0.4 is 0 Å². The lowest BCUT2D eigenvalue weighted by Crippen LogP contribution is -1.95. The fourth-order valence-corrected chi connectivity index (χ4v) is 2.31. The molecule has 1 aromatic heterocycles. The molecule has 0 fully saturated rings. The number of rotatable bonds is 3. The Bertz CT molecular complexity index is 612. The maximum absolute atomic E-state index is 4.55. The molecule has 1 heterocycles. The quantitative estimate of drug-likeness (QED) is 0.703. The number of hydrogen-bond donors (Lipinski definition) is 0. The zero-order chi connectivity index (χ0) is 14.5. The Balaban J connectivity index is 2.79. The van der Waals surface area contributed by atoms with Crippen molar-refractivity contribution in [2.75, 3.05) is 0 Å². The number of allylic oxidation sites excluding steroid dienone is 4. The van der Waals surface area contributed by atoms with Crippen molar-refractivity contribution in [3.8, 4) is 11.3 Å². The van der Waals surface area contributed by atoms with Crippen LogP contribution in [-0.2, 0) is 0 Å². The number of pyridine rings is 1. The molecule has 2 aromatic rings. The molecule has 0 saturated heterocycles. The molecular formula is C19H21N. The van der Waals surface area contributed by atoms with E-state index in [4.69, 9.17) is 0 Å². The van der Waals surface area contributed by atoms with Crippen molar-refractivity contribution >= 4 is 11.1 Å². The maximum atomic E-state index is 4.55. The molecule has 0 amide bonds. The van der Waals surface area contributed by atoms with E-state index in [1.54, 1.807) is 0 Å². The van der Waals surface area contributed by atoms with Gasteiger partial charge in [-0.25, -0.2) is 0 Å². The van der Waals surface area contributed by atoms with Gasteiger partial charge in [-0.05, 0) is 62.1 Å². The molecule has 0 radical (unpaired) electrons. The summed E-state index contributed by atoms with van der Waals surface area (Å²) in [5.41, 5.74) is 7.31. The molecule has 0 spiro atoms. The van der Waals surface area contributed by atoms with Crippen molar-refractivity contribution < 1.29 is 0 Å². The van der Waals surface area contributed by atoms with E-state index in [1.807, 2.05) is 18.3 Å². The molecule has 2 rings (SSSR count). The Hall–Kier alpha value is -2.15.